The largest absolute Gasteiger partial charge is 0.476 e. The molecule has 6 nitrogen and oxygen atoms in total. The first-order valence-corrected chi connectivity index (χ1v) is 13.2. The van der Waals surface area contributed by atoms with Crippen molar-refractivity contribution in [1.82, 2.24) is 5.32 Å². The molecule has 1 heterocycles. The molecule has 3 aromatic rings. The van der Waals surface area contributed by atoms with E-state index in [1.165, 1.54) is 9.87 Å². The number of amides is 1. The van der Waals surface area contributed by atoms with E-state index in [1.807, 2.05) is 40.7 Å². The van der Waals surface area contributed by atoms with Crippen molar-refractivity contribution < 1.29 is 17.9 Å². The van der Waals surface area contributed by atoms with Crippen molar-refractivity contribution in [3.63, 3.8) is 0 Å². The van der Waals surface area contributed by atoms with E-state index >= 15 is 0 Å². The number of sulfonamides is 1. The Kier molecular flexibility index (Phi) is 6.64. The summed E-state index contributed by atoms with van der Waals surface area (Å²) in [6, 6.07) is 16.0. The summed E-state index contributed by atoms with van der Waals surface area (Å²) in [5.41, 5.74) is 6.78. The number of nitrogens with one attached hydrogen (secondary N) is 1. The summed E-state index contributed by atoms with van der Waals surface area (Å²) in [5, 5.41) is 3.03. The summed E-state index contributed by atoms with van der Waals surface area (Å²) in [7, 11) is -3.90. The van der Waals surface area contributed by atoms with Gasteiger partial charge in [-0.25, -0.2) is 8.42 Å². The van der Waals surface area contributed by atoms with Gasteiger partial charge in [0.05, 0.1) is 23.2 Å². The lowest BCUT2D eigenvalue weighted by molar-refractivity contribution is -0.128. The van der Waals surface area contributed by atoms with Crippen molar-refractivity contribution in [2.24, 2.45) is 0 Å². The number of hydrogen-bond acceptors (Lipinski definition) is 4. The van der Waals surface area contributed by atoms with Crippen LogP contribution in [0, 0.1) is 34.6 Å². The Bertz CT molecular complexity index is 1380. The Balaban J connectivity index is 1.65. The van der Waals surface area contributed by atoms with Gasteiger partial charge >= 0.3 is 0 Å². The van der Waals surface area contributed by atoms with Gasteiger partial charge in [0.2, 0.25) is 0 Å². The molecule has 0 fully saturated rings. The zero-order valence-electron chi connectivity index (χ0n) is 21.0. The van der Waals surface area contributed by atoms with Crippen molar-refractivity contribution >= 4 is 21.6 Å². The molecule has 1 aliphatic heterocycles. The van der Waals surface area contributed by atoms with Gasteiger partial charge in [-0.05, 0) is 93.6 Å². The van der Waals surface area contributed by atoms with E-state index < -0.39 is 16.1 Å². The van der Waals surface area contributed by atoms with Crippen LogP contribution >= 0.6 is 0 Å². The molecule has 0 spiro atoms. The lowest BCUT2D eigenvalue weighted by atomic mass is 9.96. The van der Waals surface area contributed by atoms with Gasteiger partial charge in [-0.1, -0.05) is 35.9 Å². The van der Waals surface area contributed by atoms with Crippen molar-refractivity contribution in [3.05, 3.63) is 88.0 Å². The summed E-state index contributed by atoms with van der Waals surface area (Å²) in [6.07, 6.45) is -0.986. The number of fused-ring (bicyclic) bond motifs is 1. The highest BCUT2D eigenvalue weighted by Crippen LogP contribution is 2.38. The van der Waals surface area contributed by atoms with Crippen LogP contribution in [0.1, 0.15) is 46.3 Å². The maximum atomic E-state index is 13.6. The molecule has 1 amide bonds. The summed E-state index contributed by atoms with van der Waals surface area (Å²) >= 11 is 0. The minimum atomic E-state index is -3.90. The highest BCUT2D eigenvalue weighted by molar-refractivity contribution is 7.92. The number of anilines is 1. The molecule has 3 aromatic carbocycles. The first-order chi connectivity index (χ1) is 16.5. The van der Waals surface area contributed by atoms with Gasteiger partial charge in [0.1, 0.15) is 5.75 Å². The fraction of sp³-hybridized carbons (Fsp3) is 0.321. The van der Waals surface area contributed by atoms with E-state index in [0.29, 0.717) is 11.4 Å². The van der Waals surface area contributed by atoms with E-state index in [2.05, 4.69) is 24.4 Å². The fourth-order valence-electron chi connectivity index (χ4n) is 4.40. The zero-order valence-corrected chi connectivity index (χ0v) is 21.9. The maximum Gasteiger partial charge on any atom is 0.264 e. The highest BCUT2D eigenvalue weighted by Gasteiger charge is 2.38. The van der Waals surface area contributed by atoms with Gasteiger partial charge in [0.15, 0.2) is 6.10 Å². The first kappa shape index (κ1) is 24.8. The molecule has 0 bridgehead atoms. The number of carbonyl (C=O) groups excluding carboxylic acids is 1. The number of benzene rings is 3. The zero-order chi connectivity index (χ0) is 25.5. The molecule has 0 saturated heterocycles. The third-order valence-electron chi connectivity index (χ3n) is 6.59. The number of aryl methyl sites for hydroxylation is 5. The minimum absolute atomic E-state index is 0.114. The number of ether oxygens (including phenoxy) is 1. The monoisotopic (exact) mass is 492 g/mol. The minimum Gasteiger partial charge on any atom is -0.476 e. The molecule has 4 rings (SSSR count). The molecular formula is C28H32N2O4S. The lowest BCUT2D eigenvalue weighted by Gasteiger charge is -2.35. The average Bonchev–Trinajstić information content (AvgIpc) is 2.80. The molecule has 1 N–H and O–H groups in total. The molecule has 0 unspecified atom stereocenters. The third-order valence-corrected chi connectivity index (χ3v) is 8.39. The third kappa shape index (κ3) is 4.91. The number of carbonyl (C=O) groups is 1. The Hall–Kier alpha value is -3.32. The Morgan fingerprint density at radius 2 is 1.54 bits per heavy atom. The van der Waals surface area contributed by atoms with E-state index in [9.17, 15) is 13.2 Å². The van der Waals surface area contributed by atoms with Crippen LogP contribution in [0.4, 0.5) is 5.69 Å². The Morgan fingerprint density at radius 1 is 0.914 bits per heavy atom. The van der Waals surface area contributed by atoms with E-state index in [-0.39, 0.29) is 23.4 Å². The Labute approximate surface area is 208 Å². The topological polar surface area (TPSA) is 75.7 Å². The van der Waals surface area contributed by atoms with Crippen LogP contribution in [0.5, 0.6) is 5.75 Å². The SMILES string of the molecule is Cc1ccc(S(=O)(=O)N2C[C@H](C(=O)N[C@H](C)c3cc(C)c(C)cc3C)Oc3ccc(C)cc32)cc1. The summed E-state index contributed by atoms with van der Waals surface area (Å²) < 4.78 is 34.6. The summed E-state index contributed by atoms with van der Waals surface area (Å²) in [5.74, 6) is 0.0122. The number of hydrogen-bond donors (Lipinski definition) is 1. The van der Waals surface area contributed by atoms with Crippen LogP contribution in [0.3, 0.4) is 0 Å². The van der Waals surface area contributed by atoms with Crippen molar-refractivity contribution in [1.29, 1.82) is 0 Å². The summed E-state index contributed by atoms with van der Waals surface area (Å²) in [6.45, 7) is 11.7. The molecule has 2 atom stereocenters. The van der Waals surface area contributed by atoms with E-state index in [4.69, 9.17) is 4.74 Å². The van der Waals surface area contributed by atoms with Gasteiger partial charge in [-0.2, -0.15) is 0 Å². The smallest absolute Gasteiger partial charge is 0.264 e. The van der Waals surface area contributed by atoms with E-state index in [0.717, 1.165) is 27.8 Å². The predicted molar refractivity (Wildman–Crippen MR) is 139 cm³/mol. The van der Waals surface area contributed by atoms with Crippen molar-refractivity contribution in [2.75, 3.05) is 10.8 Å². The summed E-state index contributed by atoms with van der Waals surface area (Å²) in [4.78, 5) is 13.5. The van der Waals surface area contributed by atoms with Gasteiger partial charge in [0, 0.05) is 0 Å². The second kappa shape index (κ2) is 9.38. The number of nitrogens with zero attached hydrogens (tertiary/aromatic N) is 1. The first-order valence-electron chi connectivity index (χ1n) is 11.7. The van der Waals surface area contributed by atoms with Crippen LogP contribution < -0.4 is 14.4 Å². The molecule has 1 aliphatic rings. The molecule has 0 aromatic heterocycles. The highest BCUT2D eigenvalue weighted by atomic mass is 32.2. The molecule has 0 aliphatic carbocycles. The van der Waals surface area contributed by atoms with Crippen molar-refractivity contribution in [2.45, 2.75) is 58.6 Å². The standard InChI is InChI=1S/C28H32N2O4S/c1-17-7-10-23(11-8-17)35(32,33)30-16-27(34-26-12-9-18(2)13-25(26)30)28(31)29-22(6)24-15-20(4)19(3)14-21(24)5/h7-15,22,27H,16H2,1-6H3,(H,29,31)/t22-,27-/m1/s1. The van der Waals surface area contributed by atoms with Gasteiger partial charge in [0.25, 0.3) is 15.9 Å². The average molecular weight is 493 g/mol. The van der Waals surface area contributed by atoms with Gasteiger partial charge < -0.3 is 10.1 Å². The van der Waals surface area contributed by atoms with Crippen LogP contribution in [0.15, 0.2) is 59.5 Å². The van der Waals surface area contributed by atoms with Gasteiger partial charge in [-0.3, -0.25) is 9.10 Å². The maximum absolute atomic E-state index is 13.6. The fourth-order valence-corrected chi connectivity index (χ4v) is 5.86. The van der Waals surface area contributed by atoms with Crippen LogP contribution in [-0.4, -0.2) is 27.0 Å². The molecule has 184 valence electrons. The van der Waals surface area contributed by atoms with Crippen LogP contribution in [0.25, 0.3) is 0 Å². The normalized spacial score (nSPS) is 16.3. The molecule has 35 heavy (non-hydrogen) atoms. The number of rotatable bonds is 5. The second-order valence-corrected chi connectivity index (χ2v) is 11.3. The van der Waals surface area contributed by atoms with Crippen molar-refractivity contribution in [3.8, 4) is 5.75 Å². The molecule has 0 radical (unpaired) electrons. The van der Waals surface area contributed by atoms with Crippen LogP contribution in [-0.2, 0) is 14.8 Å². The van der Waals surface area contributed by atoms with E-state index in [1.54, 1.807) is 36.4 Å². The second-order valence-electron chi connectivity index (χ2n) is 9.45. The predicted octanol–water partition coefficient (Wildman–Crippen LogP) is 5.06. The van der Waals surface area contributed by atoms with Gasteiger partial charge in [-0.15, -0.1) is 0 Å². The lowest BCUT2D eigenvalue weighted by Crippen LogP contribution is -2.51. The molecule has 0 saturated carbocycles. The molecule has 7 heteroatoms. The quantitative estimate of drug-likeness (QED) is 0.540. The van der Waals surface area contributed by atoms with Crippen LogP contribution in [0.2, 0.25) is 0 Å². The Morgan fingerprint density at radius 3 is 2.23 bits per heavy atom. The molecular weight excluding hydrogens is 460 g/mol.